The molecule has 0 radical (unpaired) electrons. The van der Waals surface area contributed by atoms with Crippen LogP contribution in [0.25, 0.3) is 0 Å². The second kappa shape index (κ2) is 1.71. The molecule has 12 heavy (non-hydrogen) atoms. The summed E-state index contributed by atoms with van der Waals surface area (Å²) in [6.07, 6.45) is 10.8. The zero-order valence-electron chi connectivity index (χ0n) is 7.29. The van der Waals surface area contributed by atoms with Gasteiger partial charge in [0.15, 0.2) is 0 Å². The van der Waals surface area contributed by atoms with Crippen molar-refractivity contribution in [2.24, 2.45) is 23.7 Å². The number of rotatable bonds is 0. The van der Waals surface area contributed by atoms with Gasteiger partial charge in [-0.05, 0) is 49.4 Å². The van der Waals surface area contributed by atoms with Crippen LogP contribution >= 0.6 is 0 Å². The lowest BCUT2D eigenvalue weighted by Gasteiger charge is -2.26. The molecule has 4 unspecified atom stereocenters. The Morgan fingerprint density at radius 1 is 0.833 bits per heavy atom. The Bertz CT molecular complexity index is 276. The Labute approximate surface area is 73.4 Å². The SMILES string of the molecule is C1=C2CC(C1)C1C3=CCC(C3)C21. The maximum atomic E-state index is 2.55. The van der Waals surface area contributed by atoms with E-state index in [1.807, 2.05) is 11.1 Å². The van der Waals surface area contributed by atoms with Crippen molar-refractivity contribution in [3.63, 3.8) is 0 Å². The van der Waals surface area contributed by atoms with Crippen molar-refractivity contribution in [1.29, 1.82) is 0 Å². The standard InChI is InChI=1S/C12H14/c1-2-8-5-7(1)11-9-3-4-10(6-9)12(8)11/h1,4,8-9,11-12H,2-3,5-6H2. The third-order valence-electron chi connectivity index (χ3n) is 4.62. The van der Waals surface area contributed by atoms with Gasteiger partial charge in [0.2, 0.25) is 0 Å². The van der Waals surface area contributed by atoms with Gasteiger partial charge in [-0.2, -0.15) is 0 Å². The Hall–Kier alpha value is -0.520. The summed E-state index contributed by atoms with van der Waals surface area (Å²) in [4.78, 5) is 0. The first-order valence-electron chi connectivity index (χ1n) is 5.31. The normalized spacial score (nSPS) is 52.7. The fraction of sp³-hybridized carbons (Fsp3) is 0.667. The molecular weight excluding hydrogens is 144 g/mol. The van der Waals surface area contributed by atoms with E-state index in [-0.39, 0.29) is 0 Å². The van der Waals surface area contributed by atoms with E-state index in [0.717, 1.165) is 23.7 Å². The van der Waals surface area contributed by atoms with E-state index in [1.165, 1.54) is 25.7 Å². The quantitative estimate of drug-likeness (QED) is 0.375. The molecule has 0 aromatic rings. The van der Waals surface area contributed by atoms with E-state index in [9.17, 15) is 0 Å². The van der Waals surface area contributed by atoms with E-state index < -0.39 is 0 Å². The van der Waals surface area contributed by atoms with Gasteiger partial charge in [-0.1, -0.05) is 23.3 Å². The van der Waals surface area contributed by atoms with Gasteiger partial charge < -0.3 is 0 Å². The molecule has 2 fully saturated rings. The van der Waals surface area contributed by atoms with Crippen LogP contribution in [0.15, 0.2) is 23.3 Å². The van der Waals surface area contributed by atoms with Crippen molar-refractivity contribution in [2.75, 3.05) is 0 Å². The molecular formula is C12H14. The second-order valence-corrected chi connectivity index (χ2v) is 5.01. The third-order valence-corrected chi connectivity index (χ3v) is 4.62. The molecule has 0 heterocycles. The van der Waals surface area contributed by atoms with Gasteiger partial charge in [-0.25, -0.2) is 0 Å². The van der Waals surface area contributed by atoms with Crippen LogP contribution in [0.3, 0.4) is 0 Å². The Balaban J connectivity index is 1.91. The van der Waals surface area contributed by atoms with Crippen molar-refractivity contribution in [1.82, 2.24) is 0 Å². The predicted octanol–water partition coefficient (Wildman–Crippen LogP) is 2.92. The van der Waals surface area contributed by atoms with E-state index in [2.05, 4.69) is 12.2 Å². The van der Waals surface area contributed by atoms with Gasteiger partial charge in [0, 0.05) is 0 Å². The van der Waals surface area contributed by atoms with Crippen LogP contribution in [-0.4, -0.2) is 0 Å². The summed E-state index contributed by atoms with van der Waals surface area (Å²) in [6, 6.07) is 0. The summed E-state index contributed by atoms with van der Waals surface area (Å²) in [7, 11) is 0. The lowest BCUT2D eigenvalue weighted by atomic mass is 9.78. The highest BCUT2D eigenvalue weighted by Gasteiger charge is 2.53. The summed E-state index contributed by atoms with van der Waals surface area (Å²) in [6.45, 7) is 0. The van der Waals surface area contributed by atoms with Crippen molar-refractivity contribution in [3.8, 4) is 0 Å². The molecule has 4 aliphatic rings. The van der Waals surface area contributed by atoms with Gasteiger partial charge >= 0.3 is 0 Å². The third kappa shape index (κ3) is 0.485. The Morgan fingerprint density at radius 2 is 1.33 bits per heavy atom. The van der Waals surface area contributed by atoms with Gasteiger partial charge in [-0.3, -0.25) is 0 Å². The van der Waals surface area contributed by atoms with E-state index in [0.29, 0.717) is 0 Å². The smallest absolute Gasteiger partial charge is 0.0100 e. The zero-order valence-corrected chi connectivity index (χ0v) is 7.29. The van der Waals surface area contributed by atoms with Gasteiger partial charge in [-0.15, -0.1) is 0 Å². The highest BCUT2D eigenvalue weighted by molar-refractivity contribution is 5.37. The average molecular weight is 158 g/mol. The molecule has 4 aliphatic carbocycles. The summed E-state index contributed by atoms with van der Waals surface area (Å²) in [5.41, 5.74) is 3.69. The minimum atomic E-state index is 1.03. The van der Waals surface area contributed by atoms with Crippen molar-refractivity contribution < 1.29 is 0 Å². The fourth-order valence-corrected chi connectivity index (χ4v) is 4.29. The molecule has 0 saturated heterocycles. The topological polar surface area (TPSA) is 0 Å². The molecule has 0 N–H and O–H groups in total. The van der Waals surface area contributed by atoms with Crippen LogP contribution in [0.1, 0.15) is 25.7 Å². The van der Waals surface area contributed by atoms with Crippen LogP contribution in [0, 0.1) is 23.7 Å². The highest BCUT2D eigenvalue weighted by Crippen LogP contribution is 2.63. The van der Waals surface area contributed by atoms with Gasteiger partial charge in [0.05, 0.1) is 0 Å². The molecule has 4 atom stereocenters. The van der Waals surface area contributed by atoms with Crippen LogP contribution in [0.4, 0.5) is 0 Å². The lowest BCUT2D eigenvalue weighted by molar-refractivity contribution is 0.332. The maximum absolute atomic E-state index is 2.55. The average Bonchev–Trinajstić information content (AvgIpc) is 2.83. The summed E-state index contributed by atoms with van der Waals surface area (Å²) in [5.74, 6) is 4.15. The summed E-state index contributed by atoms with van der Waals surface area (Å²) >= 11 is 0. The summed E-state index contributed by atoms with van der Waals surface area (Å²) < 4.78 is 0. The summed E-state index contributed by atoms with van der Waals surface area (Å²) in [5, 5.41) is 0. The van der Waals surface area contributed by atoms with Crippen LogP contribution in [0.2, 0.25) is 0 Å². The first kappa shape index (κ1) is 6.01. The fourth-order valence-electron chi connectivity index (χ4n) is 4.29. The van der Waals surface area contributed by atoms with E-state index in [1.54, 1.807) is 0 Å². The Kier molecular flexibility index (Phi) is 0.856. The lowest BCUT2D eigenvalue weighted by Crippen LogP contribution is -2.19. The van der Waals surface area contributed by atoms with Gasteiger partial charge in [0.1, 0.15) is 0 Å². The van der Waals surface area contributed by atoms with E-state index in [4.69, 9.17) is 0 Å². The number of hydrogen-bond acceptors (Lipinski definition) is 0. The second-order valence-electron chi connectivity index (χ2n) is 5.01. The zero-order chi connectivity index (χ0) is 7.71. The predicted molar refractivity (Wildman–Crippen MR) is 48.6 cm³/mol. The molecule has 0 heteroatoms. The van der Waals surface area contributed by atoms with Crippen LogP contribution in [0.5, 0.6) is 0 Å². The first-order valence-corrected chi connectivity index (χ1v) is 5.31. The maximum Gasteiger partial charge on any atom is -0.0100 e. The molecule has 4 rings (SSSR count). The van der Waals surface area contributed by atoms with Gasteiger partial charge in [0.25, 0.3) is 0 Å². The highest BCUT2D eigenvalue weighted by atomic mass is 14.6. The van der Waals surface area contributed by atoms with Crippen molar-refractivity contribution in [3.05, 3.63) is 23.3 Å². The van der Waals surface area contributed by atoms with Crippen LogP contribution < -0.4 is 0 Å². The molecule has 0 amide bonds. The van der Waals surface area contributed by atoms with Crippen molar-refractivity contribution >= 4 is 0 Å². The van der Waals surface area contributed by atoms with Crippen LogP contribution in [-0.2, 0) is 0 Å². The molecule has 0 aromatic carbocycles. The molecule has 62 valence electrons. The number of hydrogen-bond donors (Lipinski definition) is 0. The minimum Gasteiger partial charge on any atom is -0.0847 e. The molecule has 2 saturated carbocycles. The molecule has 0 aliphatic heterocycles. The first-order chi connectivity index (χ1) is 5.93. The number of allylic oxidation sites excluding steroid dienone is 4. The molecule has 0 aromatic heterocycles. The number of fused-ring (bicyclic) bond motifs is 9. The monoisotopic (exact) mass is 158 g/mol. The molecule has 4 bridgehead atoms. The molecule has 0 nitrogen and oxygen atoms in total. The molecule has 0 spiro atoms. The van der Waals surface area contributed by atoms with Crippen molar-refractivity contribution in [2.45, 2.75) is 25.7 Å². The Morgan fingerprint density at radius 3 is 1.83 bits per heavy atom. The minimum absolute atomic E-state index is 1.03. The van der Waals surface area contributed by atoms with E-state index >= 15 is 0 Å². The largest absolute Gasteiger partial charge is 0.0847 e.